The SMILES string of the molecule is CC.CCN=C(/C=C(/C)N)C(=O)Nc1nc2cc(C(N)=O)cc(OC)c2n1C/C=C/Cn1c(NC(=O)C(/C=C(/C)N)=NCC)nc2cc(C(N)=O)cc(OC/C=C/CN(C=O)CCN(C)CC)c21. The Morgan fingerprint density at radius 3 is 1.60 bits per heavy atom. The van der Waals surface area contributed by atoms with Crippen molar-refractivity contribution < 1.29 is 33.4 Å². The van der Waals surface area contributed by atoms with E-state index in [1.807, 2.05) is 27.8 Å². The number of ether oxygens (including phenoxy) is 2. The molecule has 366 valence electrons. The third-order valence-corrected chi connectivity index (χ3v) is 9.75. The van der Waals surface area contributed by atoms with E-state index in [0.29, 0.717) is 60.7 Å². The first-order valence-corrected chi connectivity index (χ1v) is 22.2. The quantitative estimate of drug-likeness (QED) is 0.0315. The molecular weight excluding hydrogens is 873 g/mol. The van der Waals surface area contributed by atoms with Gasteiger partial charge < -0.3 is 51.3 Å². The fraction of sp³-hybridized carbons (Fsp3) is 0.383. The summed E-state index contributed by atoms with van der Waals surface area (Å²) in [7, 11) is 3.41. The second kappa shape index (κ2) is 27.0. The molecule has 2 heterocycles. The number of imidazole rings is 2. The Kier molecular flexibility index (Phi) is 21.6. The highest BCUT2D eigenvalue weighted by atomic mass is 16.5. The Hall–Kier alpha value is -7.81. The van der Waals surface area contributed by atoms with Crippen LogP contribution >= 0.6 is 0 Å². The predicted octanol–water partition coefficient (Wildman–Crippen LogP) is 3.74. The summed E-state index contributed by atoms with van der Waals surface area (Å²) in [5, 5.41) is 5.65. The molecule has 0 saturated heterocycles. The van der Waals surface area contributed by atoms with Gasteiger partial charge in [-0.2, -0.15) is 0 Å². The fourth-order valence-electron chi connectivity index (χ4n) is 6.45. The number of aliphatic imine (C=N–C) groups is 2. The normalized spacial score (nSPS) is 12.4. The van der Waals surface area contributed by atoms with Crippen LogP contribution in [0, 0.1) is 0 Å². The Morgan fingerprint density at radius 1 is 0.721 bits per heavy atom. The van der Waals surface area contributed by atoms with E-state index in [1.165, 1.54) is 43.5 Å². The van der Waals surface area contributed by atoms with Crippen LogP contribution in [0.3, 0.4) is 0 Å². The van der Waals surface area contributed by atoms with E-state index in [9.17, 15) is 24.0 Å². The minimum atomic E-state index is -0.729. The summed E-state index contributed by atoms with van der Waals surface area (Å²) in [6.45, 7) is 16.2. The van der Waals surface area contributed by atoms with Crippen LogP contribution in [0.1, 0.15) is 69.2 Å². The van der Waals surface area contributed by atoms with Crippen molar-refractivity contribution in [3.8, 4) is 11.5 Å². The van der Waals surface area contributed by atoms with E-state index in [0.717, 1.165) is 13.0 Å². The number of methoxy groups -OCH3 is 1. The van der Waals surface area contributed by atoms with Gasteiger partial charge in [0.2, 0.25) is 30.1 Å². The lowest BCUT2D eigenvalue weighted by Gasteiger charge is -2.19. The van der Waals surface area contributed by atoms with Gasteiger partial charge in [-0.15, -0.1) is 0 Å². The minimum absolute atomic E-state index is 0.0439. The van der Waals surface area contributed by atoms with Gasteiger partial charge in [0.1, 0.15) is 40.6 Å². The van der Waals surface area contributed by atoms with Gasteiger partial charge >= 0.3 is 0 Å². The van der Waals surface area contributed by atoms with Crippen LogP contribution in [-0.2, 0) is 27.5 Å². The van der Waals surface area contributed by atoms with Gasteiger partial charge in [-0.25, -0.2) is 9.97 Å². The Balaban J connectivity index is 0.00000604. The second-order valence-electron chi connectivity index (χ2n) is 14.9. The molecule has 0 radical (unpaired) electrons. The van der Waals surface area contributed by atoms with Gasteiger partial charge in [-0.3, -0.25) is 44.6 Å². The standard InChI is InChI=1S/C45H60N14O7.C2H6/c1-8-50-34(21-28(4)46)42(63)54-44-52-32-23-30(40(48)61)25-36(65-7)38(32)58(44)16-11-12-17-59-39-33(53-45(59)55-43(64)35(51-9-2)22-29(5)47)24-31(41(49)62)26-37(39)66-20-14-13-15-57(27-60)19-18-56(6)10-3;1-2/h11-14,21-27H,8-10,15-20,46-47H2,1-7H3,(H2,48,61)(H2,49,62)(H,52,54,63)(H,53,55,64);1-2H3/b12-11+,14-13+,28-21-,29-22-,50-34?,51-35?;. The van der Waals surface area contributed by atoms with Crippen LogP contribution in [0.5, 0.6) is 11.5 Å². The number of primary amides is 2. The molecule has 21 nitrogen and oxygen atoms in total. The molecule has 0 saturated carbocycles. The first kappa shape index (κ1) is 54.5. The maximum atomic E-state index is 13.7. The highest BCUT2D eigenvalue weighted by molar-refractivity contribution is 6.47. The lowest BCUT2D eigenvalue weighted by atomic mass is 10.1. The van der Waals surface area contributed by atoms with E-state index in [1.54, 1.807) is 66.0 Å². The van der Waals surface area contributed by atoms with Crippen molar-refractivity contribution in [2.45, 2.75) is 61.6 Å². The van der Waals surface area contributed by atoms with Crippen molar-refractivity contribution >= 4 is 75.4 Å². The second-order valence-corrected chi connectivity index (χ2v) is 14.9. The number of aromatic nitrogens is 4. The van der Waals surface area contributed by atoms with Crippen LogP contribution in [-0.4, -0.2) is 130 Å². The lowest BCUT2D eigenvalue weighted by molar-refractivity contribution is -0.118. The van der Waals surface area contributed by atoms with Crippen LogP contribution < -0.4 is 43.0 Å². The van der Waals surface area contributed by atoms with Crippen LogP contribution in [0.4, 0.5) is 11.9 Å². The molecule has 0 bridgehead atoms. The van der Waals surface area contributed by atoms with E-state index in [4.69, 9.17) is 37.4 Å². The lowest BCUT2D eigenvalue weighted by Crippen LogP contribution is -2.32. The molecule has 0 unspecified atom stereocenters. The van der Waals surface area contributed by atoms with Gasteiger partial charge in [0.25, 0.3) is 11.8 Å². The van der Waals surface area contributed by atoms with Crippen molar-refractivity contribution in [2.75, 3.05) is 70.7 Å². The molecule has 2 aromatic carbocycles. The molecule has 68 heavy (non-hydrogen) atoms. The van der Waals surface area contributed by atoms with Crippen LogP contribution in [0.2, 0.25) is 0 Å². The van der Waals surface area contributed by atoms with Crippen molar-refractivity contribution in [3.63, 3.8) is 0 Å². The number of amides is 5. The van der Waals surface area contributed by atoms with Crippen molar-refractivity contribution in [2.24, 2.45) is 32.9 Å². The number of benzene rings is 2. The summed E-state index contributed by atoms with van der Waals surface area (Å²) in [6, 6.07) is 5.96. The summed E-state index contributed by atoms with van der Waals surface area (Å²) in [6.07, 6.45) is 10.8. The van der Waals surface area contributed by atoms with E-state index < -0.39 is 23.6 Å². The number of carbonyl (C=O) groups is 5. The number of nitrogens with two attached hydrogens (primary N) is 4. The Bertz CT molecular complexity index is 2610. The Labute approximate surface area is 396 Å². The first-order chi connectivity index (χ1) is 32.5. The topological polar surface area (TPSA) is 299 Å². The highest BCUT2D eigenvalue weighted by Crippen LogP contribution is 2.33. The third-order valence-electron chi connectivity index (χ3n) is 9.75. The van der Waals surface area contributed by atoms with E-state index >= 15 is 0 Å². The highest BCUT2D eigenvalue weighted by Gasteiger charge is 2.23. The van der Waals surface area contributed by atoms with Gasteiger partial charge in [0, 0.05) is 68.3 Å². The Morgan fingerprint density at radius 2 is 1.19 bits per heavy atom. The third kappa shape index (κ3) is 15.1. The monoisotopic (exact) mass is 939 g/mol. The molecule has 4 rings (SSSR count). The van der Waals surface area contributed by atoms with E-state index in [-0.39, 0.29) is 71.2 Å². The number of hydrogen-bond donors (Lipinski definition) is 6. The van der Waals surface area contributed by atoms with Crippen LogP contribution in [0.25, 0.3) is 22.1 Å². The number of carbonyl (C=O) groups excluding carboxylic acids is 5. The molecule has 21 heteroatoms. The molecule has 10 N–H and O–H groups in total. The molecule has 4 aromatic rings. The van der Waals surface area contributed by atoms with Gasteiger partial charge in [0.15, 0.2) is 0 Å². The zero-order valence-electron chi connectivity index (χ0n) is 40.5. The van der Waals surface area contributed by atoms with Crippen molar-refractivity contribution in [3.05, 3.63) is 83.2 Å². The fourth-order valence-corrected chi connectivity index (χ4v) is 6.45. The smallest absolute Gasteiger partial charge is 0.276 e. The largest absolute Gasteiger partial charge is 0.494 e. The summed E-state index contributed by atoms with van der Waals surface area (Å²) < 4.78 is 15.3. The molecule has 5 amide bonds. The van der Waals surface area contributed by atoms with E-state index in [2.05, 4.69) is 30.5 Å². The number of rotatable bonds is 25. The number of fused-ring (bicyclic) bond motifs is 2. The molecule has 2 aromatic heterocycles. The zero-order chi connectivity index (χ0) is 50.5. The maximum absolute atomic E-state index is 13.7. The summed E-state index contributed by atoms with van der Waals surface area (Å²) >= 11 is 0. The van der Waals surface area contributed by atoms with Gasteiger partial charge in [-0.1, -0.05) is 39.0 Å². The number of nitrogens with one attached hydrogen (secondary N) is 2. The molecule has 0 fully saturated rings. The predicted molar refractivity (Wildman–Crippen MR) is 268 cm³/mol. The first-order valence-electron chi connectivity index (χ1n) is 22.2. The average Bonchev–Trinajstić information content (AvgIpc) is 3.84. The minimum Gasteiger partial charge on any atom is -0.494 e. The van der Waals surface area contributed by atoms with Gasteiger partial charge in [0.05, 0.1) is 18.1 Å². The molecule has 0 aliphatic rings. The molecule has 0 spiro atoms. The average molecular weight is 939 g/mol. The molecule has 0 atom stereocenters. The number of allylic oxidation sites excluding steroid dienone is 4. The summed E-state index contributed by atoms with van der Waals surface area (Å²) in [5.41, 5.74) is 25.8. The summed E-state index contributed by atoms with van der Waals surface area (Å²) in [4.78, 5) is 85.4. The number of anilines is 2. The van der Waals surface area contributed by atoms with Crippen LogP contribution in [0.15, 0.2) is 82.1 Å². The molecule has 0 aliphatic heterocycles. The zero-order valence-corrected chi connectivity index (χ0v) is 40.5. The van der Waals surface area contributed by atoms with Crippen molar-refractivity contribution in [1.29, 1.82) is 0 Å². The number of hydrogen-bond acceptors (Lipinski definition) is 14. The number of nitrogens with zero attached hydrogens (tertiary/aromatic N) is 8. The maximum Gasteiger partial charge on any atom is 0.276 e. The molecular formula is C47H66N14O7. The number of likely N-dealkylation sites (N-methyl/N-ethyl adjacent to an activating group) is 1. The van der Waals surface area contributed by atoms with Crippen molar-refractivity contribution in [1.82, 2.24) is 28.9 Å². The summed E-state index contributed by atoms with van der Waals surface area (Å²) in [5.74, 6) is -1.91. The molecule has 0 aliphatic carbocycles. The van der Waals surface area contributed by atoms with Gasteiger partial charge in [-0.05, 0) is 83.8 Å².